The Morgan fingerprint density at radius 2 is 1.73 bits per heavy atom. The predicted molar refractivity (Wildman–Crippen MR) is 172 cm³/mol. The van der Waals surface area contributed by atoms with Gasteiger partial charge in [0.1, 0.15) is 6.04 Å². The highest BCUT2D eigenvalue weighted by molar-refractivity contribution is 5.85. The van der Waals surface area contributed by atoms with Gasteiger partial charge in [-0.05, 0) is 111 Å². The Balaban J connectivity index is 0.000000387. The molecule has 2 unspecified atom stereocenters. The molecule has 0 amide bonds. The average Bonchev–Trinajstić information content (AvgIpc) is 3.24. The van der Waals surface area contributed by atoms with E-state index in [1.807, 2.05) is 0 Å². The molecule has 0 aliphatic heterocycles. The first-order chi connectivity index (χ1) is 18.8. The van der Waals surface area contributed by atoms with Crippen LogP contribution < -0.4 is 17.2 Å². The average molecular weight is 597 g/mol. The van der Waals surface area contributed by atoms with Crippen molar-refractivity contribution in [3.8, 4) is 0 Å². The first-order valence-electron chi connectivity index (χ1n) is 16.2. The number of allylic oxidation sites excluding steroid dienone is 1. The Hall–Kier alpha value is -1.31. The molecule has 8 N–H and O–H groups in total. The van der Waals surface area contributed by atoms with Crippen molar-refractivity contribution in [3.05, 3.63) is 11.6 Å². The molecule has 0 spiro atoms. The van der Waals surface area contributed by atoms with Crippen molar-refractivity contribution >= 4 is 24.3 Å². The van der Waals surface area contributed by atoms with Gasteiger partial charge in [0.2, 0.25) is 0 Å². The third kappa shape index (κ3) is 8.63. The number of aliphatic hydroxyl groups is 1. The van der Waals surface area contributed by atoms with Crippen molar-refractivity contribution in [1.29, 1.82) is 0 Å². The Kier molecular flexibility index (Phi) is 13.5. The smallest absolute Gasteiger partial charge is 0.320 e. The van der Waals surface area contributed by atoms with Gasteiger partial charge < -0.3 is 27.4 Å². The molecule has 4 rings (SSSR count). The van der Waals surface area contributed by atoms with E-state index >= 15 is 0 Å². The number of carboxylic acid groups (broad SMARTS) is 1. The summed E-state index contributed by atoms with van der Waals surface area (Å²) in [5, 5.41) is 18.6. The minimum atomic E-state index is -1.00. The molecule has 3 saturated carbocycles. The fourth-order valence-corrected chi connectivity index (χ4v) is 9.31. The van der Waals surface area contributed by atoms with Crippen LogP contribution in [-0.2, 0) is 4.79 Å². The highest BCUT2D eigenvalue weighted by Crippen LogP contribution is 2.67. The van der Waals surface area contributed by atoms with Gasteiger partial charge in [0.25, 0.3) is 0 Å². The number of aliphatic imine (C=N–C) groups is 1. The third-order valence-electron chi connectivity index (χ3n) is 11.6. The van der Waals surface area contributed by atoms with Gasteiger partial charge in [-0.15, -0.1) is 12.4 Å². The Labute approximate surface area is 256 Å². The third-order valence-corrected chi connectivity index (χ3v) is 11.6. The number of carbonyl (C=O) groups is 1. The Bertz CT molecular complexity index is 907. The molecule has 9 atom stereocenters. The molecular formula is C33H61ClN4O3. The highest BCUT2D eigenvalue weighted by Gasteiger charge is 2.59. The second-order valence-electron chi connectivity index (χ2n) is 14.6. The molecule has 7 nitrogen and oxygen atoms in total. The summed E-state index contributed by atoms with van der Waals surface area (Å²) in [5.41, 5.74) is 17.9. The van der Waals surface area contributed by atoms with Crippen molar-refractivity contribution in [1.82, 2.24) is 0 Å². The number of carboxylic acids is 1. The van der Waals surface area contributed by atoms with E-state index in [1.54, 1.807) is 5.57 Å². The van der Waals surface area contributed by atoms with Crippen molar-refractivity contribution < 1.29 is 15.0 Å². The summed E-state index contributed by atoms with van der Waals surface area (Å²) in [5.74, 6) is 4.47. The van der Waals surface area contributed by atoms with E-state index < -0.39 is 12.0 Å². The summed E-state index contributed by atoms with van der Waals surface area (Å²) in [6, 6.07) is -0.820. The number of rotatable bonds is 10. The molecule has 0 radical (unpaired) electrons. The lowest BCUT2D eigenvalue weighted by atomic mass is 9.47. The number of nitrogens with two attached hydrogens (primary N) is 3. The summed E-state index contributed by atoms with van der Waals surface area (Å²) >= 11 is 0. The number of aliphatic carboxylic acids is 1. The number of guanidine groups is 1. The first kappa shape index (κ1) is 35.9. The fourth-order valence-electron chi connectivity index (χ4n) is 9.31. The quantitative estimate of drug-likeness (QED) is 0.0869. The van der Waals surface area contributed by atoms with E-state index in [1.165, 1.54) is 57.8 Å². The fraction of sp³-hybridized carbons (Fsp3) is 0.879. The molecule has 238 valence electrons. The van der Waals surface area contributed by atoms with E-state index in [0.717, 1.165) is 48.3 Å². The largest absolute Gasteiger partial charge is 0.480 e. The van der Waals surface area contributed by atoms with Crippen LogP contribution in [-0.4, -0.2) is 40.8 Å². The van der Waals surface area contributed by atoms with E-state index in [9.17, 15) is 9.90 Å². The molecule has 0 aromatic heterocycles. The zero-order valence-electron chi connectivity index (χ0n) is 26.5. The van der Waals surface area contributed by atoms with Gasteiger partial charge in [-0.1, -0.05) is 65.5 Å². The van der Waals surface area contributed by atoms with Crippen LogP contribution in [0.25, 0.3) is 0 Å². The maximum atomic E-state index is 10.2. The SMILES string of the molecule is CC(C)CCCC(C)[C@H]1CC[C@H]2[C@@H]3CC=C4C[C@@H](O)CC[C@]4(C)[C@H]3CC[C@]12C.Cl.NC(N)=NCCCC(N)C(=O)O. The van der Waals surface area contributed by atoms with E-state index in [4.69, 9.17) is 22.3 Å². The minimum Gasteiger partial charge on any atom is -0.480 e. The second-order valence-corrected chi connectivity index (χ2v) is 14.6. The van der Waals surface area contributed by atoms with Crippen molar-refractivity contribution in [2.75, 3.05) is 6.54 Å². The maximum Gasteiger partial charge on any atom is 0.320 e. The molecule has 0 bridgehead atoms. The summed E-state index contributed by atoms with van der Waals surface area (Å²) in [7, 11) is 0. The van der Waals surface area contributed by atoms with Crippen LogP contribution in [0.5, 0.6) is 0 Å². The van der Waals surface area contributed by atoms with Crippen molar-refractivity contribution in [3.63, 3.8) is 0 Å². The number of hydrogen-bond acceptors (Lipinski definition) is 4. The lowest BCUT2D eigenvalue weighted by Gasteiger charge is -2.58. The minimum absolute atomic E-state index is 0. The molecule has 4 aliphatic rings. The van der Waals surface area contributed by atoms with Gasteiger partial charge in [0.15, 0.2) is 5.96 Å². The predicted octanol–water partition coefficient (Wildman–Crippen LogP) is 6.26. The van der Waals surface area contributed by atoms with Crippen LogP contribution in [0.2, 0.25) is 0 Å². The standard InChI is InChI=1S/C27H46O.C6H14N4O2.ClH/c1-18(2)7-6-8-19(3)23-11-12-24-22-10-9-20-17-21(28)13-15-26(20,4)25(22)14-16-27(23,24)5;7-4(5(11)12)2-1-3-10-6(8)9;/h9,18-19,21-25,28H,6-8,10-17H2,1-5H3;4H,1-3,7H2,(H,11,12)(H4,8,9,10);1H/t19?,21-,22-,23+,24-,25-,26-,27+;;/m0../s1. The summed E-state index contributed by atoms with van der Waals surface area (Å²) < 4.78 is 0. The first-order valence-corrected chi connectivity index (χ1v) is 16.2. The molecule has 0 saturated heterocycles. The van der Waals surface area contributed by atoms with Crippen LogP contribution in [0.1, 0.15) is 118 Å². The summed E-state index contributed by atoms with van der Waals surface area (Å²) in [4.78, 5) is 13.9. The normalized spacial score (nSPS) is 35.3. The van der Waals surface area contributed by atoms with Crippen LogP contribution in [0.3, 0.4) is 0 Å². The van der Waals surface area contributed by atoms with Gasteiger partial charge in [0, 0.05) is 6.54 Å². The molecule has 4 aliphatic carbocycles. The molecule has 3 fully saturated rings. The number of nitrogens with zero attached hydrogens (tertiary/aromatic N) is 1. The number of halogens is 1. The van der Waals surface area contributed by atoms with Gasteiger partial charge in [-0.2, -0.15) is 0 Å². The van der Waals surface area contributed by atoms with Crippen LogP contribution in [0.15, 0.2) is 16.6 Å². The number of aliphatic hydroxyl groups excluding tert-OH is 1. The Morgan fingerprint density at radius 1 is 1.02 bits per heavy atom. The lowest BCUT2D eigenvalue weighted by molar-refractivity contribution is -0.138. The summed E-state index contributed by atoms with van der Waals surface area (Å²) in [6.07, 6.45) is 18.1. The van der Waals surface area contributed by atoms with Crippen molar-refractivity contribution in [2.24, 2.45) is 68.5 Å². The molecular weight excluding hydrogens is 536 g/mol. The highest BCUT2D eigenvalue weighted by atomic mass is 35.5. The zero-order valence-corrected chi connectivity index (χ0v) is 27.3. The number of fused-ring (bicyclic) bond motifs is 5. The molecule has 0 aromatic rings. The molecule has 0 heterocycles. The van der Waals surface area contributed by atoms with Gasteiger partial charge >= 0.3 is 5.97 Å². The Morgan fingerprint density at radius 3 is 2.37 bits per heavy atom. The van der Waals surface area contributed by atoms with Gasteiger partial charge in [0.05, 0.1) is 6.10 Å². The van der Waals surface area contributed by atoms with Gasteiger partial charge in [-0.3, -0.25) is 9.79 Å². The second kappa shape index (κ2) is 15.4. The molecule has 8 heteroatoms. The van der Waals surface area contributed by atoms with E-state index in [-0.39, 0.29) is 24.5 Å². The van der Waals surface area contributed by atoms with Gasteiger partial charge in [-0.25, -0.2) is 0 Å². The van der Waals surface area contributed by atoms with Crippen molar-refractivity contribution in [2.45, 2.75) is 130 Å². The monoisotopic (exact) mass is 596 g/mol. The molecule has 41 heavy (non-hydrogen) atoms. The van der Waals surface area contributed by atoms with Crippen LogP contribution in [0.4, 0.5) is 0 Å². The maximum absolute atomic E-state index is 10.2. The topological polar surface area (TPSA) is 148 Å². The zero-order chi connectivity index (χ0) is 29.7. The lowest BCUT2D eigenvalue weighted by Crippen LogP contribution is -2.50. The van der Waals surface area contributed by atoms with E-state index in [2.05, 4.69) is 45.7 Å². The van der Waals surface area contributed by atoms with Crippen LogP contribution >= 0.6 is 12.4 Å². The van der Waals surface area contributed by atoms with Crippen LogP contribution in [0, 0.1) is 46.3 Å². The summed E-state index contributed by atoms with van der Waals surface area (Å²) in [6.45, 7) is 13.0. The number of hydrogen-bond donors (Lipinski definition) is 5. The van der Waals surface area contributed by atoms with E-state index in [0.29, 0.717) is 30.2 Å². The molecule has 0 aromatic carbocycles.